The first-order valence-corrected chi connectivity index (χ1v) is 38.7. The van der Waals surface area contributed by atoms with Gasteiger partial charge in [-0.2, -0.15) is 0 Å². The molecular formula is C90H102S2. The van der Waals surface area contributed by atoms with Crippen LogP contribution in [-0.2, 0) is 21.7 Å². The van der Waals surface area contributed by atoms with E-state index in [0.717, 1.165) is 6.42 Å². The Kier molecular flexibility index (Phi) is 18.2. The molecule has 0 bridgehead atoms. The maximum Gasteiger partial charge on any atom is 0.0463 e. The van der Waals surface area contributed by atoms with Crippen LogP contribution in [-0.4, -0.2) is 0 Å². The van der Waals surface area contributed by atoms with Gasteiger partial charge in [0.15, 0.2) is 0 Å². The minimum atomic E-state index is -0.0162. The molecule has 2 heterocycles. The number of thiophene rings is 2. The van der Waals surface area contributed by atoms with E-state index >= 15 is 0 Å². The molecule has 2 aromatic heterocycles. The number of allylic oxidation sites excluding steroid dienone is 4. The summed E-state index contributed by atoms with van der Waals surface area (Å²) in [6, 6.07) is 61.9. The van der Waals surface area contributed by atoms with Gasteiger partial charge in [-0.15, -0.1) is 22.7 Å². The molecule has 7 aromatic carbocycles. The third kappa shape index (κ3) is 10.5. The molecule has 9 aromatic rings. The van der Waals surface area contributed by atoms with Crippen molar-refractivity contribution in [2.45, 2.75) is 243 Å². The molecule has 5 aliphatic rings. The van der Waals surface area contributed by atoms with E-state index in [-0.39, 0.29) is 21.7 Å². The summed E-state index contributed by atoms with van der Waals surface area (Å²) in [5.41, 5.74) is 32.1. The minimum Gasteiger partial charge on any atom is -0.134 e. The lowest BCUT2D eigenvalue weighted by Gasteiger charge is -2.37. The third-order valence-corrected chi connectivity index (χ3v) is 26.1. The van der Waals surface area contributed by atoms with Crippen LogP contribution in [0.4, 0.5) is 0 Å². The monoisotopic (exact) mass is 1250 g/mol. The highest BCUT2D eigenvalue weighted by atomic mass is 32.1. The number of hydrogen-bond donors (Lipinski definition) is 0. The molecule has 0 nitrogen and oxygen atoms in total. The molecule has 0 saturated carbocycles. The average Bonchev–Trinajstić information content (AvgIpc) is 1.54. The van der Waals surface area contributed by atoms with E-state index in [9.17, 15) is 0 Å². The number of unbranched alkanes of at least 4 members (excludes halogenated alkanes) is 8. The lowest BCUT2D eigenvalue weighted by molar-refractivity contribution is 0.401. The predicted octanol–water partition coefficient (Wildman–Crippen LogP) is 28.0. The molecule has 14 rings (SSSR count). The Morgan fingerprint density at radius 2 is 0.696 bits per heavy atom. The highest BCUT2D eigenvalue weighted by Gasteiger charge is 2.51. The predicted molar refractivity (Wildman–Crippen MR) is 402 cm³/mol. The normalized spacial score (nSPS) is 17.0. The number of benzene rings is 7. The largest absolute Gasteiger partial charge is 0.134 e. The molecule has 0 aliphatic heterocycles. The summed E-state index contributed by atoms with van der Waals surface area (Å²) in [5.74, 6) is 0.406. The first-order chi connectivity index (χ1) is 45.2. The summed E-state index contributed by atoms with van der Waals surface area (Å²) in [5, 5.41) is 0. The fourth-order valence-electron chi connectivity index (χ4n) is 18.9. The molecule has 1 unspecified atom stereocenters. The standard InChI is InChI=1S/C90H102S2/c1-9-17-43-87(44-18-10-2)75-41-37-63(61-31-27-25-28-32-61)51-69(75)73-55-71-67-39-35-65(53-77(67)89(47-21-13-5,48-22-14-6)79(71)57-81(73)87)83-59-85-86(91-83)60-84(92-85)66-36-40-68-72-56-74-70-52-64(62-33-29-26-30-34-62)38-42-76(70)88(45-19-11-3,46-20-12-4)82(74)58-80(72)90(49-23-15-7,50-24-16-8)78(68)54-66/h25-42,51,53-60,64H,9-24,43-50,52H2,1-8H3. The van der Waals surface area contributed by atoms with Crippen molar-refractivity contribution in [3.05, 3.63) is 219 Å². The topological polar surface area (TPSA) is 0 Å². The molecule has 0 saturated heterocycles. The molecule has 0 radical (unpaired) electrons. The van der Waals surface area contributed by atoms with Crippen LogP contribution in [0.3, 0.4) is 0 Å². The Morgan fingerprint density at radius 1 is 0.315 bits per heavy atom. The molecule has 92 heavy (non-hydrogen) atoms. The SMILES string of the molecule is CCCCC1(CCCC)C2=C(CC(c3ccccc3)C=C2)c2cc3c(cc21)C(CCCC)(CCCC)c1cc(-c2cc4sc(-c5ccc6c(c5)C(CCCC)(CCCC)c5cc7c(cc5-6)-c5cc(-c6ccccc6)ccc5C7(CCCC)CCCC)cc4s2)ccc1-3. The van der Waals surface area contributed by atoms with E-state index < -0.39 is 0 Å². The quantitative estimate of drug-likeness (QED) is 0.0458. The van der Waals surface area contributed by atoms with Crippen molar-refractivity contribution in [2.24, 2.45) is 0 Å². The van der Waals surface area contributed by atoms with Gasteiger partial charge < -0.3 is 0 Å². The fourth-order valence-corrected chi connectivity index (χ4v) is 21.3. The van der Waals surface area contributed by atoms with Crippen LogP contribution >= 0.6 is 22.7 Å². The maximum absolute atomic E-state index is 2.86. The molecule has 0 N–H and O–H groups in total. The van der Waals surface area contributed by atoms with E-state index in [4.69, 9.17) is 0 Å². The van der Waals surface area contributed by atoms with Gasteiger partial charge in [-0.05, 0) is 217 Å². The Hall–Kier alpha value is -6.32. The first-order valence-electron chi connectivity index (χ1n) is 37.1. The van der Waals surface area contributed by atoms with Gasteiger partial charge in [0, 0.05) is 46.7 Å². The van der Waals surface area contributed by atoms with Crippen LogP contribution in [0.5, 0.6) is 0 Å². The fraction of sp³-hybridized carbons (Fsp3) is 0.422. The van der Waals surface area contributed by atoms with Crippen LogP contribution in [0, 0.1) is 0 Å². The van der Waals surface area contributed by atoms with Gasteiger partial charge in [-0.1, -0.05) is 279 Å². The summed E-state index contributed by atoms with van der Waals surface area (Å²) in [4.78, 5) is 2.82. The van der Waals surface area contributed by atoms with Gasteiger partial charge in [-0.25, -0.2) is 0 Å². The second-order valence-corrected chi connectivity index (χ2v) is 31.3. The van der Waals surface area contributed by atoms with Crippen molar-refractivity contribution in [3.63, 3.8) is 0 Å². The Morgan fingerprint density at radius 3 is 1.16 bits per heavy atom. The zero-order valence-electron chi connectivity index (χ0n) is 57.2. The zero-order chi connectivity index (χ0) is 63.2. The van der Waals surface area contributed by atoms with Crippen LogP contribution in [0.15, 0.2) is 169 Å². The van der Waals surface area contributed by atoms with Gasteiger partial charge in [0.1, 0.15) is 0 Å². The van der Waals surface area contributed by atoms with Gasteiger partial charge in [0.25, 0.3) is 0 Å². The molecule has 1 atom stereocenters. The summed E-state index contributed by atoms with van der Waals surface area (Å²) >= 11 is 4.05. The lowest BCUT2D eigenvalue weighted by Crippen LogP contribution is -2.29. The Bertz CT molecular complexity index is 4140. The van der Waals surface area contributed by atoms with E-state index in [1.165, 1.54) is 234 Å². The van der Waals surface area contributed by atoms with Gasteiger partial charge in [0.2, 0.25) is 0 Å². The van der Waals surface area contributed by atoms with Crippen LogP contribution in [0.1, 0.15) is 272 Å². The number of rotatable bonds is 28. The van der Waals surface area contributed by atoms with E-state index in [2.05, 4.69) is 219 Å². The highest BCUT2D eigenvalue weighted by Crippen LogP contribution is 2.65. The first kappa shape index (κ1) is 63.1. The molecular weight excluding hydrogens is 1150 g/mol. The summed E-state index contributed by atoms with van der Waals surface area (Å²) in [6.45, 7) is 19.3. The van der Waals surface area contributed by atoms with Crippen molar-refractivity contribution in [2.75, 3.05) is 0 Å². The zero-order valence-corrected chi connectivity index (χ0v) is 58.8. The molecule has 2 heteroatoms. The van der Waals surface area contributed by atoms with E-state index in [1.807, 2.05) is 22.7 Å². The van der Waals surface area contributed by atoms with Crippen molar-refractivity contribution in [1.29, 1.82) is 0 Å². The molecule has 0 amide bonds. The minimum absolute atomic E-state index is 0.00325. The third-order valence-electron chi connectivity index (χ3n) is 23.7. The van der Waals surface area contributed by atoms with Crippen molar-refractivity contribution < 1.29 is 0 Å². The summed E-state index contributed by atoms with van der Waals surface area (Å²) < 4.78 is 2.84. The van der Waals surface area contributed by atoms with Gasteiger partial charge >= 0.3 is 0 Å². The summed E-state index contributed by atoms with van der Waals surface area (Å²) in [6.07, 6.45) is 35.8. The average molecular weight is 1250 g/mol. The Balaban J connectivity index is 0.853. The van der Waals surface area contributed by atoms with Crippen LogP contribution in [0.25, 0.3) is 80.4 Å². The van der Waals surface area contributed by atoms with Crippen molar-refractivity contribution >= 4 is 37.6 Å². The smallest absolute Gasteiger partial charge is 0.0463 e. The van der Waals surface area contributed by atoms with Crippen molar-refractivity contribution in [1.82, 2.24) is 0 Å². The number of fused-ring (bicyclic) bond motifs is 12. The van der Waals surface area contributed by atoms with Crippen molar-refractivity contribution in [3.8, 4) is 65.4 Å². The van der Waals surface area contributed by atoms with E-state index in [0.29, 0.717) is 5.92 Å². The second-order valence-electron chi connectivity index (χ2n) is 29.1. The van der Waals surface area contributed by atoms with E-state index in [1.54, 1.807) is 55.7 Å². The van der Waals surface area contributed by atoms with Crippen LogP contribution < -0.4 is 0 Å². The molecule has 0 spiro atoms. The molecule has 0 fully saturated rings. The van der Waals surface area contributed by atoms with Crippen LogP contribution in [0.2, 0.25) is 0 Å². The second kappa shape index (κ2) is 26.5. The molecule has 5 aliphatic carbocycles. The Labute approximate surface area is 562 Å². The number of hydrogen-bond acceptors (Lipinski definition) is 2. The summed E-state index contributed by atoms with van der Waals surface area (Å²) in [7, 11) is 0. The van der Waals surface area contributed by atoms with Gasteiger partial charge in [0.05, 0.1) is 0 Å². The van der Waals surface area contributed by atoms with Gasteiger partial charge in [-0.3, -0.25) is 0 Å². The lowest BCUT2D eigenvalue weighted by atomic mass is 9.66. The highest BCUT2D eigenvalue weighted by molar-refractivity contribution is 7.31. The molecule has 474 valence electrons. The maximum atomic E-state index is 2.86.